The molecule has 1 heterocycles. The predicted molar refractivity (Wildman–Crippen MR) is 66.9 cm³/mol. The van der Waals surface area contributed by atoms with E-state index in [1.54, 1.807) is 6.92 Å². The zero-order valence-electron chi connectivity index (χ0n) is 10.8. The summed E-state index contributed by atoms with van der Waals surface area (Å²) in [5, 5.41) is 0. The molecule has 0 amide bonds. The van der Waals surface area contributed by atoms with Crippen molar-refractivity contribution >= 4 is 16.2 Å². The number of ether oxygens (including phenoxy) is 1. The maximum atomic E-state index is 11.9. The minimum absolute atomic E-state index is 0.201. The van der Waals surface area contributed by atoms with Gasteiger partial charge >= 0.3 is 5.97 Å². The monoisotopic (exact) mass is 279 g/mol. The van der Waals surface area contributed by atoms with Crippen molar-refractivity contribution in [2.75, 3.05) is 26.7 Å². The minimum Gasteiger partial charge on any atom is -0.469 e. The average molecular weight is 279 g/mol. The third kappa shape index (κ3) is 3.91. The number of nitrogens with one attached hydrogen (secondary N) is 1. The quantitative estimate of drug-likeness (QED) is 0.632. The Labute approximate surface area is 108 Å². The molecule has 0 radical (unpaired) electrons. The van der Waals surface area contributed by atoms with Gasteiger partial charge in [-0.15, -0.1) is 0 Å². The van der Waals surface area contributed by atoms with Crippen LogP contribution in [0.25, 0.3) is 0 Å². The summed E-state index contributed by atoms with van der Waals surface area (Å²) in [5.74, 6) is -0.469. The molecule has 0 unspecified atom stereocenters. The van der Waals surface area contributed by atoms with E-state index < -0.39 is 10.2 Å². The highest BCUT2D eigenvalue weighted by Gasteiger charge is 2.31. The second-order valence-corrected chi connectivity index (χ2v) is 6.16. The third-order valence-corrected chi connectivity index (χ3v) is 4.78. The van der Waals surface area contributed by atoms with E-state index in [2.05, 4.69) is 9.46 Å². The molecule has 0 bridgehead atoms. The summed E-state index contributed by atoms with van der Waals surface area (Å²) < 4.78 is 32.4. The maximum Gasteiger partial charge on any atom is 0.308 e. The number of esters is 1. The van der Waals surface area contributed by atoms with Gasteiger partial charge in [0.2, 0.25) is 0 Å². The Hall–Kier alpha value is -0.700. The fraction of sp³-hybridized carbons (Fsp3) is 0.900. The Morgan fingerprint density at radius 1 is 1.50 bits per heavy atom. The Bertz CT molecular complexity index is 377. The lowest BCUT2D eigenvalue weighted by Crippen LogP contribution is -2.49. The smallest absolute Gasteiger partial charge is 0.308 e. The first-order chi connectivity index (χ1) is 8.40. The van der Waals surface area contributed by atoms with Crippen LogP contribution in [0.1, 0.15) is 19.8 Å². The Morgan fingerprint density at radius 3 is 2.50 bits per heavy atom. The van der Waals surface area contributed by atoms with Gasteiger partial charge in [0.05, 0.1) is 13.0 Å². The number of carbonyl (C=O) groups excluding carboxylic acids is 1. The number of nitrogens with zero attached hydrogens (tertiary/aromatic N) is 1. The van der Waals surface area contributed by atoms with Crippen molar-refractivity contribution in [2.24, 2.45) is 11.7 Å². The normalized spacial score (nSPS) is 20.6. The van der Waals surface area contributed by atoms with E-state index >= 15 is 0 Å². The Balaban J connectivity index is 2.54. The molecule has 3 N–H and O–H groups in total. The number of rotatable bonds is 5. The molecule has 1 aliphatic rings. The zero-order valence-corrected chi connectivity index (χ0v) is 11.6. The van der Waals surface area contributed by atoms with Gasteiger partial charge in [-0.3, -0.25) is 4.79 Å². The number of hydrogen-bond donors (Lipinski definition) is 2. The van der Waals surface area contributed by atoms with Crippen molar-refractivity contribution in [3.63, 3.8) is 0 Å². The van der Waals surface area contributed by atoms with Gasteiger partial charge in [0, 0.05) is 25.7 Å². The van der Waals surface area contributed by atoms with Gasteiger partial charge in [-0.05, 0) is 19.8 Å². The number of carbonyl (C=O) groups is 1. The molecule has 0 aliphatic carbocycles. The van der Waals surface area contributed by atoms with E-state index in [-0.39, 0.29) is 24.5 Å². The third-order valence-electron chi connectivity index (χ3n) is 3.03. The first-order valence-corrected chi connectivity index (χ1v) is 7.40. The molecule has 7 nitrogen and oxygen atoms in total. The fourth-order valence-electron chi connectivity index (χ4n) is 1.88. The summed E-state index contributed by atoms with van der Waals surface area (Å²) in [7, 11) is -2.16. The van der Waals surface area contributed by atoms with E-state index in [0.717, 1.165) is 0 Å². The van der Waals surface area contributed by atoms with Crippen LogP contribution in [-0.2, 0) is 19.7 Å². The van der Waals surface area contributed by atoms with Crippen molar-refractivity contribution in [1.82, 2.24) is 9.03 Å². The molecule has 0 aromatic rings. The minimum atomic E-state index is -3.50. The van der Waals surface area contributed by atoms with Crippen LogP contribution in [-0.4, -0.2) is 51.5 Å². The summed E-state index contributed by atoms with van der Waals surface area (Å²) in [5.41, 5.74) is 5.38. The standard InChI is InChI=1S/C10H21N3O4S/c1-8(7-11)12-18(15,16)13-5-3-9(4-6-13)10(14)17-2/h8-9,12H,3-7,11H2,1-2H3/t8-/m1/s1. The molecule has 18 heavy (non-hydrogen) atoms. The van der Waals surface area contributed by atoms with Crippen LogP contribution >= 0.6 is 0 Å². The summed E-state index contributed by atoms with van der Waals surface area (Å²) >= 11 is 0. The molecule has 0 aromatic carbocycles. The van der Waals surface area contributed by atoms with Crippen molar-refractivity contribution in [3.8, 4) is 0 Å². The molecule has 8 heteroatoms. The molecule has 1 aliphatic heterocycles. The van der Waals surface area contributed by atoms with Gasteiger partial charge in [0.15, 0.2) is 0 Å². The van der Waals surface area contributed by atoms with E-state index in [1.165, 1.54) is 11.4 Å². The highest BCUT2D eigenvalue weighted by molar-refractivity contribution is 7.87. The summed E-state index contributed by atoms with van der Waals surface area (Å²) in [6, 6.07) is -0.298. The van der Waals surface area contributed by atoms with Crippen LogP contribution in [0.15, 0.2) is 0 Å². The van der Waals surface area contributed by atoms with E-state index in [4.69, 9.17) is 5.73 Å². The van der Waals surface area contributed by atoms with Crippen LogP contribution in [0.4, 0.5) is 0 Å². The first-order valence-electron chi connectivity index (χ1n) is 5.96. The van der Waals surface area contributed by atoms with Crippen LogP contribution in [0, 0.1) is 5.92 Å². The number of hydrogen-bond acceptors (Lipinski definition) is 5. The van der Waals surface area contributed by atoms with E-state index in [0.29, 0.717) is 25.9 Å². The maximum absolute atomic E-state index is 11.9. The average Bonchev–Trinajstić information content (AvgIpc) is 2.37. The SMILES string of the molecule is COC(=O)C1CCN(S(=O)(=O)N[C@H](C)CN)CC1. The van der Waals surface area contributed by atoms with Crippen molar-refractivity contribution in [2.45, 2.75) is 25.8 Å². The molecule has 0 saturated carbocycles. The second-order valence-electron chi connectivity index (χ2n) is 4.46. The van der Waals surface area contributed by atoms with Gasteiger partial charge < -0.3 is 10.5 Å². The summed E-state index contributed by atoms with van der Waals surface area (Å²) in [6.07, 6.45) is 0.981. The van der Waals surface area contributed by atoms with Crippen LogP contribution < -0.4 is 10.5 Å². The molecular weight excluding hydrogens is 258 g/mol. The highest BCUT2D eigenvalue weighted by Crippen LogP contribution is 2.20. The van der Waals surface area contributed by atoms with E-state index in [9.17, 15) is 13.2 Å². The van der Waals surface area contributed by atoms with Crippen LogP contribution in [0.3, 0.4) is 0 Å². The molecule has 1 rings (SSSR count). The van der Waals surface area contributed by atoms with Gasteiger partial charge in [-0.1, -0.05) is 0 Å². The molecule has 0 spiro atoms. The Kier molecular flexibility index (Phi) is 5.51. The summed E-state index contributed by atoms with van der Waals surface area (Å²) in [4.78, 5) is 11.3. The topological polar surface area (TPSA) is 102 Å². The van der Waals surface area contributed by atoms with Crippen LogP contribution in [0.5, 0.6) is 0 Å². The van der Waals surface area contributed by atoms with Crippen molar-refractivity contribution in [3.05, 3.63) is 0 Å². The molecule has 106 valence electrons. The number of methoxy groups -OCH3 is 1. The lowest BCUT2D eigenvalue weighted by atomic mass is 9.99. The summed E-state index contributed by atoms with van der Waals surface area (Å²) in [6.45, 7) is 2.61. The molecule has 1 fully saturated rings. The largest absolute Gasteiger partial charge is 0.469 e. The van der Waals surface area contributed by atoms with Crippen LogP contribution in [0.2, 0.25) is 0 Å². The second kappa shape index (κ2) is 6.46. The number of nitrogens with two attached hydrogens (primary N) is 1. The first kappa shape index (κ1) is 15.4. The van der Waals surface area contributed by atoms with Gasteiger partial charge in [0.25, 0.3) is 10.2 Å². The lowest BCUT2D eigenvalue weighted by Gasteiger charge is -2.30. The van der Waals surface area contributed by atoms with Gasteiger partial charge in [0.1, 0.15) is 0 Å². The Morgan fingerprint density at radius 2 is 2.06 bits per heavy atom. The van der Waals surface area contributed by atoms with E-state index in [1.807, 2.05) is 0 Å². The molecular formula is C10H21N3O4S. The van der Waals surface area contributed by atoms with Crippen molar-refractivity contribution in [1.29, 1.82) is 0 Å². The highest BCUT2D eigenvalue weighted by atomic mass is 32.2. The molecule has 1 saturated heterocycles. The number of piperidine rings is 1. The van der Waals surface area contributed by atoms with Gasteiger partial charge in [-0.2, -0.15) is 17.4 Å². The zero-order chi connectivity index (χ0) is 13.8. The predicted octanol–water partition coefficient (Wildman–Crippen LogP) is -0.947. The fourth-order valence-corrected chi connectivity index (χ4v) is 3.32. The molecule has 0 aromatic heterocycles. The molecule has 1 atom stereocenters. The lowest BCUT2D eigenvalue weighted by molar-refractivity contribution is -0.146. The van der Waals surface area contributed by atoms with Crippen molar-refractivity contribution < 1.29 is 17.9 Å². The van der Waals surface area contributed by atoms with Gasteiger partial charge in [-0.25, -0.2) is 0 Å².